The standard InChI is InChI=1S/C8H10O6S/c1-13-5-3-6(9)8(15(10,11)12)7(4-5)14-2/h3-4,9H,1-2H3,(H,10,11,12). The number of aromatic hydroxyl groups is 1. The van der Waals surface area contributed by atoms with E-state index in [9.17, 15) is 13.5 Å². The Labute approximate surface area is 86.8 Å². The zero-order valence-corrected chi connectivity index (χ0v) is 8.91. The number of hydrogen-bond acceptors (Lipinski definition) is 5. The molecule has 0 aromatic heterocycles. The first kappa shape index (κ1) is 11.6. The van der Waals surface area contributed by atoms with Crippen LogP contribution in [0.5, 0.6) is 17.2 Å². The summed E-state index contributed by atoms with van der Waals surface area (Å²) in [5.74, 6) is -0.597. The van der Waals surface area contributed by atoms with Gasteiger partial charge < -0.3 is 14.6 Å². The fourth-order valence-corrected chi connectivity index (χ4v) is 1.81. The molecule has 0 atom stereocenters. The van der Waals surface area contributed by atoms with Crippen LogP contribution < -0.4 is 9.47 Å². The molecule has 0 unspecified atom stereocenters. The lowest BCUT2D eigenvalue weighted by Crippen LogP contribution is -2.02. The Morgan fingerprint density at radius 1 is 1.20 bits per heavy atom. The molecular weight excluding hydrogens is 224 g/mol. The summed E-state index contributed by atoms with van der Waals surface area (Å²) in [5, 5.41) is 9.37. The van der Waals surface area contributed by atoms with E-state index in [1.165, 1.54) is 20.3 Å². The third-order valence-corrected chi connectivity index (χ3v) is 2.65. The number of methoxy groups -OCH3 is 2. The Balaban J connectivity index is 3.52. The van der Waals surface area contributed by atoms with Gasteiger partial charge in [0.25, 0.3) is 0 Å². The van der Waals surface area contributed by atoms with Crippen molar-refractivity contribution in [2.45, 2.75) is 4.90 Å². The van der Waals surface area contributed by atoms with Crippen molar-refractivity contribution in [3.8, 4) is 17.2 Å². The van der Waals surface area contributed by atoms with Gasteiger partial charge in [0.05, 0.1) is 14.2 Å². The van der Waals surface area contributed by atoms with E-state index >= 15 is 0 Å². The zero-order chi connectivity index (χ0) is 11.6. The molecule has 0 spiro atoms. The number of phenolic OH excluding ortho intramolecular Hbond substituents is 1. The van der Waals surface area contributed by atoms with Gasteiger partial charge in [0, 0.05) is 12.1 Å². The van der Waals surface area contributed by atoms with Gasteiger partial charge in [0.2, 0.25) is 0 Å². The highest BCUT2D eigenvalue weighted by Gasteiger charge is 2.22. The molecule has 0 heterocycles. The number of hydrogen-bond donors (Lipinski definition) is 2. The molecule has 0 radical (unpaired) electrons. The Morgan fingerprint density at radius 2 is 1.80 bits per heavy atom. The Hall–Kier alpha value is -1.47. The third-order valence-electron chi connectivity index (χ3n) is 1.72. The highest BCUT2D eigenvalue weighted by molar-refractivity contribution is 7.86. The lowest BCUT2D eigenvalue weighted by Gasteiger charge is -2.09. The van der Waals surface area contributed by atoms with Crippen molar-refractivity contribution in [1.82, 2.24) is 0 Å². The van der Waals surface area contributed by atoms with E-state index in [1.54, 1.807) is 0 Å². The minimum Gasteiger partial charge on any atom is -0.506 e. The SMILES string of the molecule is COc1cc(O)c(S(=O)(=O)O)c(OC)c1. The molecule has 7 heteroatoms. The maximum absolute atomic E-state index is 10.9. The summed E-state index contributed by atoms with van der Waals surface area (Å²) in [7, 11) is -1.97. The molecular formula is C8H10O6S. The van der Waals surface area contributed by atoms with Gasteiger partial charge in [-0.2, -0.15) is 8.42 Å². The van der Waals surface area contributed by atoms with Crippen molar-refractivity contribution in [3.63, 3.8) is 0 Å². The van der Waals surface area contributed by atoms with Gasteiger partial charge in [-0.3, -0.25) is 4.55 Å². The third kappa shape index (κ3) is 2.31. The van der Waals surface area contributed by atoms with Gasteiger partial charge in [-0.1, -0.05) is 0 Å². The fourth-order valence-electron chi connectivity index (χ4n) is 1.09. The maximum Gasteiger partial charge on any atom is 0.301 e. The lowest BCUT2D eigenvalue weighted by molar-refractivity contribution is 0.366. The Morgan fingerprint density at radius 3 is 2.20 bits per heavy atom. The topological polar surface area (TPSA) is 93.1 Å². The maximum atomic E-state index is 10.9. The first-order valence-electron chi connectivity index (χ1n) is 3.82. The molecule has 6 nitrogen and oxygen atoms in total. The highest BCUT2D eigenvalue weighted by Crippen LogP contribution is 2.36. The van der Waals surface area contributed by atoms with Crippen LogP contribution in [-0.4, -0.2) is 32.3 Å². The van der Waals surface area contributed by atoms with Gasteiger partial charge in [-0.25, -0.2) is 0 Å². The zero-order valence-electron chi connectivity index (χ0n) is 8.09. The second-order valence-corrected chi connectivity index (χ2v) is 4.01. The van der Waals surface area contributed by atoms with Crippen LogP contribution in [0.4, 0.5) is 0 Å². The molecule has 2 N–H and O–H groups in total. The first-order chi connectivity index (χ1) is 6.90. The van der Waals surface area contributed by atoms with Crippen molar-refractivity contribution in [3.05, 3.63) is 12.1 Å². The van der Waals surface area contributed by atoms with Crippen LogP contribution in [0.15, 0.2) is 17.0 Å². The summed E-state index contributed by atoms with van der Waals surface area (Å²) in [5.41, 5.74) is 0. The van der Waals surface area contributed by atoms with Crippen LogP contribution in [-0.2, 0) is 10.1 Å². The molecule has 84 valence electrons. The smallest absolute Gasteiger partial charge is 0.301 e. The van der Waals surface area contributed by atoms with Gasteiger partial charge in [0.1, 0.15) is 17.2 Å². The second kappa shape index (κ2) is 3.95. The van der Waals surface area contributed by atoms with Crippen LogP contribution in [0.2, 0.25) is 0 Å². The molecule has 0 saturated heterocycles. The van der Waals surface area contributed by atoms with Crippen molar-refractivity contribution >= 4 is 10.1 Å². The number of benzene rings is 1. The molecule has 1 rings (SSSR count). The summed E-state index contributed by atoms with van der Waals surface area (Å²) in [6.45, 7) is 0. The van der Waals surface area contributed by atoms with Crippen LogP contribution in [0, 0.1) is 0 Å². The minimum atomic E-state index is -4.53. The predicted octanol–water partition coefficient (Wildman–Crippen LogP) is 0.656. The number of ether oxygens (including phenoxy) is 2. The second-order valence-electron chi connectivity index (χ2n) is 2.65. The summed E-state index contributed by atoms with van der Waals surface area (Å²) in [6.07, 6.45) is 0. The van der Waals surface area contributed by atoms with Crippen molar-refractivity contribution in [1.29, 1.82) is 0 Å². The molecule has 0 aliphatic carbocycles. The van der Waals surface area contributed by atoms with E-state index in [0.29, 0.717) is 0 Å². The van der Waals surface area contributed by atoms with Gasteiger partial charge in [0.15, 0.2) is 4.90 Å². The largest absolute Gasteiger partial charge is 0.506 e. The van der Waals surface area contributed by atoms with Crippen LogP contribution in [0.25, 0.3) is 0 Å². The average Bonchev–Trinajstić information content (AvgIpc) is 2.14. The number of rotatable bonds is 3. The van der Waals surface area contributed by atoms with Gasteiger partial charge >= 0.3 is 10.1 Å². The van der Waals surface area contributed by atoms with Crippen molar-refractivity contribution < 1.29 is 27.6 Å². The van der Waals surface area contributed by atoms with E-state index < -0.39 is 20.8 Å². The molecule has 0 amide bonds. The van der Waals surface area contributed by atoms with Gasteiger partial charge in [-0.15, -0.1) is 0 Å². The van der Waals surface area contributed by atoms with E-state index in [0.717, 1.165) is 6.07 Å². The molecule has 1 aromatic carbocycles. The molecule has 0 fully saturated rings. The van der Waals surface area contributed by atoms with Crippen molar-refractivity contribution in [2.75, 3.05) is 14.2 Å². The highest BCUT2D eigenvalue weighted by atomic mass is 32.2. The monoisotopic (exact) mass is 234 g/mol. The van der Waals surface area contributed by atoms with Crippen LogP contribution in [0.3, 0.4) is 0 Å². The van der Waals surface area contributed by atoms with E-state index in [1.807, 2.05) is 0 Å². The fraction of sp³-hybridized carbons (Fsp3) is 0.250. The Bertz CT molecular complexity index is 464. The molecule has 15 heavy (non-hydrogen) atoms. The van der Waals surface area contributed by atoms with Gasteiger partial charge in [-0.05, 0) is 0 Å². The molecule has 0 aliphatic rings. The molecule has 0 bridgehead atoms. The summed E-state index contributed by atoms with van der Waals surface area (Å²) in [4.78, 5) is -0.675. The van der Waals surface area contributed by atoms with E-state index in [-0.39, 0.29) is 11.5 Å². The molecule has 1 aromatic rings. The number of phenols is 1. The van der Waals surface area contributed by atoms with Crippen LogP contribution in [0.1, 0.15) is 0 Å². The quantitative estimate of drug-likeness (QED) is 0.746. The van der Waals surface area contributed by atoms with E-state index in [2.05, 4.69) is 0 Å². The summed E-state index contributed by atoms with van der Waals surface area (Å²) in [6, 6.07) is 2.30. The summed E-state index contributed by atoms with van der Waals surface area (Å²) >= 11 is 0. The summed E-state index contributed by atoms with van der Waals surface area (Å²) < 4.78 is 40.2. The predicted molar refractivity (Wildman–Crippen MR) is 51.0 cm³/mol. The van der Waals surface area contributed by atoms with Crippen molar-refractivity contribution in [2.24, 2.45) is 0 Å². The Kier molecular flexibility index (Phi) is 3.06. The lowest BCUT2D eigenvalue weighted by atomic mass is 10.3. The normalized spacial score (nSPS) is 11.1. The van der Waals surface area contributed by atoms with E-state index in [4.69, 9.17) is 14.0 Å². The molecule has 0 saturated carbocycles. The first-order valence-corrected chi connectivity index (χ1v) is 5.26. The minimum absolute atomic E-state index is 0.186. The molecule has 0 aliphatic heterocycles. The van der Waals surface area contributed by atoms with Crippen LogP contribution >= 0.6 is 0 Å². The average molecular weight is 234 g/mol.